The van der Waals surface area contributed by atoms with Crippen LogP contribution in [0, 0.1) is 20.8 Å². The summed E-state index contributed by atoms with van der Waals surface area (Å²) < 4.78 is 20.9. The lowest BCUT2D eigenvalue weighted by Gasteiger charge is -2.46. The van der Waals surface area contributed by atoms with Gasteiger partial charge in [0.05, 0.1) is 17.1 Å². The van der Waals surface area contributed by atoms with Crippen molar-refractivity contribution in [3.05, 3.63) is 213 Å². The first-order chi connectivity index (χ1) is 52.5. The van der Waals surface area contributed by atoms with Gasteiger partial charge in [0.25, 0.3) is 20.1 Å². The molecule has 0 saturated carbocycles. The molecule has 0 unspecified atom stereocenters. The minimum absolute atomic E-state index is 0.00501. The SMILES string of the molecule is CCC(C)(C)c1cc2c3c(c1)Oc1cc4c(cc1B3c1cc3c(cc1O2)Nc1cc(C(C)(C)CC)cc2c1B3c1sc3ccc(C(C)(C)CC)cc3c1N2c1ccc(C(C)(C)C)cc1)B1c2sc3ccc(C(C)(C)CC)cc3c2N(c2ccc(C(C)(C)C)cc2)c2cc(C(C)(C)CC)cc(c21)N4c1c(C)cc(C)cc1C. The summed E-state index contributed by atoms with van der Waals surface area (Å²) in [4.78, 5) is 8.05. The Bertz CT molecular complexity index is 5910. The smallest absolute Gasteiger partial charge is 0.264 e. The van der Waals surface area contributed by atoms with Crippen LogP contribution >= 0.6 is 22.7 Å². The fourth-order valence-electron chi connectivity index (χ4n) is 18.9. The number of thiophene rings is 2. The maximum atomic E-state index is 7.87. The van der Waals surface area contributed by atoms with E-state index in [2.05, 4.69) is 344 Å². The van der Waals surface area contributed by atoms with E-state index < -0.39 is 0 Å². The molecule has 2 aromatic heterocycles. The molecule has 1 N–H and O–H groups in total. The first kappa shape index (κ1) is 73.6. The Morgan fingerprint density at radius 2 is 0.721 bits per heavy atom. The average molecular weight is 1500 g/mol. The van der Waals surface area contributed by atoms with Crippen LogP contribution in [0.1, 0.15) is 233 Å². The van der Waals surface area contributed by atoms with E-state index in [0.717, 1.165) is 88.6 Å². The molecular formula is C100H109B3N4O2S2. The summed E-state index contributed by atoms with van der Waals surface area (Å²) in [5, 5.41) is 6.89. The molecule has 12 aromatic rings. The Morgan fingerprint density at radius 3 is 1.18 bits per heavy atom. The number of nitrogens with one attached hydrogen (secondary N) is 1. The van der Waals surface area contributed by atoms with Gasteiger partial charge >= 0.3 is 0 Å². The van der Waals surface area contributed by atoms with Crippen molar-refractivity contribution in [1.82, 2.24) is 0 Å². The highest BCUT2D eigenvalue weighted by molar-refractivity contribution is 7.34. The number of hydrogen-bond acceptors (Lipinski definition) is 8. The number of aryl methyl sites for hydroxylation is 3. The van der Waals surface area contributed by atoms with Crippen molar-refractivity contribution < 1.29 is 9.47 Å². The molecule has 6 nitrogen and oxygen atoms in total. The predicted molar refractivity (Wildman–Crippen MR) is 486 cm³/mol. The van der Waals surface area contributed by atoms with Crippen LogP contribution < -0.4 is 77.3 Å². The Labute approximate surface area is 670 Å². The highest BCUT2D eigenvalue weighted by Crippen LogP contribution is 2.55. The molecule has 0 amide bonds. The van der Waals surface area contributed by atoms with Crippen LogP contribution in [0.5, 0.6) is 23.0 Å². The third-order valence-corrected chi connectivity index (χ3v) is 30.5. The monoisotopic (exact) mass is 1490 g/mol. The van der Waals surface area contributed by atoms with Gasteiger partial charge in [-0.3, -0.25) is 0 Å². The van der Waals surface area contributed by atoms with Gasteiger partial charge in [0, 0.05) is 92.8 Å². The van der Waals surface area contributed by atoms with Gasteiger partial charge in [-0.15, -0.1) is 22.7 Å². The largest absolute Gasteiger partial charge is 0.458 e. The molecule has 0 spiro atoms. The first-order valence-electron chi connectivity index (χ1n) is 41.3. The van der Waals surface area contributed by atoms with Crippen LogP contribution in [0.2, 0.25) is 0 Å². The zero-order valence-electron chi connectivity index (χ0n) is 70.3. The molecule has 8 heterocycles. The maximum Gasteiger partial charge on any atom is 0.264 e. The Balaban J connectivity index is 0.931. The molecule has 6 aliphatic rings. The van der Waals surface area contributed by atoms with Gasteiger partial charge in [0.1, 0.15) is 23.0 Å². The van der Waals surface area contributed by atoms with Gasteiger partial charge < -0.3 is 29.5 Å². The molecule has 111 heavy (non-hydrogen) atoms. The van der Waals surface area contributed by atoms with Crippen LogP contribution in [0.25, 0.3) is 20.2 Å². The molecule has 11 heteroatoms. The summed E-state index contributed by atoms with van der Waals surface area (Å²) in [6, 6.07) is 63.9. The lowest BCUT2D eigenvalue weighted by Crippen LogP contribution is -2.64. The zero-order valence-corrected chi connectivity index (χ0v) is 71.9. The second kappa shape index (κ2) is 25.1. The minimum atomic E-state index is -0.264. The van der Waals surface area contributed by atoms with Crippen LogP contribution in [0.15, 0.2) is 158 Å². The van der Waals surface area contributed by atoms with Crippen LogP contribution in [-0.2, 0) is 37.9 Å². The van der Waals surface area contributed by atoms with Gasteiger partial charge in [-0.25, -0.2) is 0 Å². The third kappa shape index (κ3) is 11.2. The summed E-state index contributed by atoms with van der Waals surface area (Å²) in [5.41, 5.74) is 34.3. The number of nitrogens with zero attached hydrogens (tertiary/aromatic N) is 3. The van der Waals surface area contributed by atoms with Crippen LogP contribution in [0.3, 0.4) is 0 Å². The molecular weight excluding hydrogens is 1390 g/mol. The van der Waals surface area contributed by atoms with Crippen molar-refractivity contribution in [2.45, 2.75) is 236 Å². The summed E-state index contributed by atoms with van der Waals surface area (Å²) in [6.07, 6.45) is 4.98. The van der Waals surface area contributed by atoms with Crippen LogP contribution in [-0.4, -0.2) is 20.1 Å². The topological polar surface area (TPSA) is 40.2 Å². The third-order valence-electron chi connectivity index (χ3n) is 28.0. The molecule has 0 saturated heterocycles. The quantitative estimate of drug-likeness (QED) is 0.116. The second-order valence-corrected chi connectivity index (χ2v) is 41.1. The highest BCUT2D eigenvalue weighted by atomic mass is 32.1. The Morgan fingerprint density at radius 1 is 0.324 bits per heavy atom. The van der Waals surface area contributed by atoms with E-state index in [-0.39, 0.29) is 58.0 Å². The highest BCUT2D eigenvalue weighted by Gasteiger charge is 2.52. The molecule has 0 atom stereocenters. The average Bonchev–Trinajstić information content (AvgIpc) is 1.68. The molecule has 0 fully saturated rings. The number of ether oxygens (including phenoxy) is 2. The zero-order chi connectivity index (χ0) is 78.4. The Hall–Kier alpha value is -8.89. The number of rotatable bonds is 13. The molecule has 0 bridgehead atoms. The summed E-state index contributed by atoms with van der Waals surface area (Å²) in [7, 11) is 0. The molecule has 10 aromatic carbocycles. The van der Waals surface area contributed by atoms with Gasteiger partial charge in [-0.2, -0.15) is 0 Å². The summed E-state index contributed by atoms with van der Waals surface area (Å²) >= 11 is 3.98. The predicted octanol–water partition coefficient (Wildman–Crippen LogP) is 23.2. The fourth-order valence-corrected chi connectivity index (χ4v) is 21.5. The van der Waals surface area contributed by atoms with Crippen molar-refractivity contribution in [3.63, 3.8) is 0 Å². The molecule has 18 rings (SSSR count). The van der Waals surface area contributed by atoms with E-state index in [9.17, 15) is 0 Å². The molecule has 6 aliphatic heterocycles. The fraction of sp³-hybridized carbons (Fsp3) is 0.360. The van der Waals surface area contributed by atoms with Gasteiger partial charge in [0.2, 0.25) is 0 Å². The molecule has 0 aliphatic carbocycles. The van der Waals surface area contributed by atoms with E-state index in [4.69, 9.17) is 9.47 Å². The van der Waals surface area contributed by atoms with E-state index in [1.807, 2.05) is 22.7 Å². The van der Waals surface area contributed by atoms with E-state index in [0.29, 0.717) is 0 Å². The van der Waals surface area contributed by atoms with Crippen LogP contribution in [0.4, 0.5) is 62.6 Å². The number of benzene rings is 10. The van der Waals surface area contributed by atoms with Gasteiger partial charge in [0.15, 0.2) is 0 Å². The first-order valence-corrected chi connectivity index (χ1v) is 43.0. The van der Waals surface area contributed by atoms with Crippen molar-refractivity contribution >= 4 is 173 Å². The Kier molecular flexibility index (Phi) is 16.6. The lowest BCUT2D eigenvalue weighted by molar-refractivity contribution is 0.452. The normalized spacial score (nSPS) is 14.8. The minimum Gasteiger partial charge on any atom is -0.458 e. The maximum absolute atomic E-state index is 7.87. The van der Waals surface area contributed by atoms with E-state index >= 15 is 0 Å². The second-order valence-electron chi connectivity index (χ2n) is 38.9. The number of hydrogen-bond donors (Lipinski definition) is 1. The van der Waals surface area contributed by atoms with E-state index in [1.165, 1.54) is 153 Å². The van der Waals surface area contributed by atoms with Crippen molar-refractivity contribution in [2.75, 3.05) is 20.0 Å². The summed E-state index contributed by atoms with van der Waals surface area (Å²) in [5.74, 6) is 3.50. The number of fused-ring (bicyclic) bond motifs is 16. The summed E-state index contributed by atoms with van der Waals surface area (Å²) in [6.45, 7) is 56.2. The lowest BCUT2D eigenvalue weighted by atomic mass is 9.31. The van der Waals surface area contributed by atoms with Gasteiger partial charge in [-0.1, -0.05) is 212 Å². The van der Waals surface area contributed by atoms with E-state index in [1.54, 1.807) is 0 Å². The number of anilines is 11. The van der Waals surface area contributed by atoms with Crippen molar-refractivity contribution in [2.24, 2.45) is 0 Å². The molecule has 562 valence electrons. The standard InChI is InChI=1S/C100H109B3N4O2S2/c1-25-96(15,16)61-34-40-84-68(44-61)90-92(110-84)102-70-52-72-80(54-74(70)104-75-46-63(98(19,20)27-3)47-77(86(75)102)105(90)66-36-30-59(31-37-66)94(9,10)11)108-82-50-65(100(23,24)29-5)51-83-88(82)101(72)73-53-71-76(55-81(73)109-83)107(89-57(7)42-56(6)43-58(89)8)79-49-64(99(21,22)28-4)48-78-87(79)103(71)93-91(106(78)67-38-32-60(33-39-67)95(12,13)14)69-45-62(97(17,18)26-2)35-41-85(69)111-93/h30-55,104H,25-29H2,1-24H3. The molecule has 0 radical (unpaired) electrons. The van der Waals surface area contributed by atoms with Gasteiger partial charge in [-0.05, 0) is 259 Å². The van der Waals surface area contributed by atoms with Crippen molar-refractivity contribution in [3.8, 4) is 23.0 Å². The van der Waals surface area contributed by atoms with Crippen molar-refractivity contribution in [1.29, 1.82) is 0 Å².